The van der Waals surface area contributed by atoms with Gasteiger partial charge in [0, 0.05) is 15.4 Å². The summed E-state index contributed by atoms with van der Waals surface area (Å²) in [5, 5.41) is 0.967. The van der Waals surface area contributed by atoms with Crippen molar-refractivity contribution < 1.29 is 19.1 Å². The molecule has 2 aromatic carbocycles. The van der Waals surface area contributed by atoms with Crippen LogP contribution in [-0.2, 0) is 20.8 Å². The molecule has 156 valence electrons. The number of ether oxygens (including phenoxy) is 2. The Morgan fingerprint density at radius 3 is 2.30 bits per heavy atom. The van der Waals surface area contributed by atoms with Crippen LogP contribution in [0.4, 0.5) is 0 Å². The third-order valence-corrected chi connectivity index (χ3v) is 4.87. The lowest BCUT2D eigenvalue weighted by Crippen LogP contribution is -2.34. The van der Waals surface area contributed by atoms with Gasteiger partial charge in [-0.3, -0.25) is 14.2 Å². The highest BCUT2D eigenvalue weighted by molar-refractivity contribution is 9.10. The van der Waals surface area contributed by atoms with Gasteiger partial charge in [-0.2, -0.15) is 0 Å². The molecule has 3 aromatic rings. The molecule has 0 aliphatic rings. The molecule has 0 aliphatic heterocycles. The summed E-state index contributed by atoms with van der Waals surface area (Å²) in [6, 6.07) is 14.4. The first-order valence-corrected chi connectivity index (χ1v) is 10.1. The van der Waals surface area contributed by atoms with Gasteiger partial charge in [0.1, 0.15) is 17.8 Å². The Kier molecular flexibility index (Phi) is 6.12. The summed E-state index contributed by atoms with van der Waals surface area (Å²) in [6.45, 7) is 4.80. The zero-order valence-corrected chi connectivity index (χ0v) is 18.8. The fourth-order valence-corrected chi connectivity index (χ4v) is 3.64. The fourth-order valence-electron chi connectivity index (χ4n) is 3.28. The molecule has 0 spiro atoms. The number of carbonyl (C=O) groups excluding carboxylic acids is 2. The molecule has 0 saturated carbocycles. The summed E-state index contributed by atoms with van der Waals surface area (Å²) in [7, 11) is 1.24. The molecule has 0 amide bonds. The van der Waals surface area contributed by atoms with E-state index in [0.717, 1.165) is 14.6 Å². The van der Waals surface area contributed by atoms with Gasteiger partial charge in [-0.25, -0.2) is 4.79 Å². The summed E-state index contributed by atoms with van der Waals surface area (Å²) in [4.78, 5) is 38.7. The number of pyridine rings is 1. The molecule has 0 saturated heterocycles. The standard InChI is InChI=1S/C23H22BrNO5/c1-23(2,3)30-18(26)13-25-20(22(28)29-4)19(14-8-6-5-7-9-14)17-12-15(24)10-11-16(17)21(25)27/h5-12H,13H2,1-4H3. The molecule has 1 aromatic heterocycles. The van der Waals surface area contributed by atoms with E-state index < -0.39 is 29.6 Å². The Morgan fingerprint density at radius 2 is 1.70 bits per heavy atom. The molecule has 0 atom stereocenters. The maximum atomic E-state index is 13.3. The maximum absolute atomic E-state index is 13.3. The van der Waals surface area contributed by atoms with Crippen LogP contribution in [0.3, 0.4) is 0 Å². The Hall–Kier alpha value is -2.93. The topological polar surface area (TPSA) is 74.6 Å². The normalized spacial score (nSPS) is 11.4. The molecular formula is C23H22BrNO5. The van der Waals surface area contributed by atoms with Crippen molar-refractivity contribution in [2.45, 2.75) is 32.9 Å². The highest BCUT2D eigenvalue weighted by Gasteiger charge is 2.26. The van der Waals surface area contributed by atoms with Crippen LogP contribution in [0.1, 0.15) is 31.3 Å². The molecule has 6 nitrogen and oxygen atoms in total. The van der Waals surface area contributed by atoms with Crippen LogP contribution in [0, 0.1) is 0 Å². The number of rotatable bonds is 4. The number of fused-ring (bicyclic) bond motifs is 1. The maximum Gasteiger partial charge on any atom is 0.355 e. The van der Waals surface area contributed by atoms with E-state index in [-0.39, 0.29) is 5.69 Å². The number of benzene rings is 2. The Bertz CT molecular complexity index is 1180. The molecule has 3 rings (SSSR count). The van der Waals surface area contributed by atoms with Crippen molar-refractivity contribution in [3.8, 4) is 11.1 Å². The number of nitrogens with zero attached hydrogens (tertiary/aromatic N) is 1. The summed E-state index contributed by atoms with van der Waals surface area (Å²) in [6.07, 6.45) is 0. The zero-order valence-electron chi connectivity index (χ0n) is 17.2. The van der Waals surface area contributed by atoms with Crippen LogP contribution in [0.5, 0.6) is 0 Å². The number of hydrogen-bond acceptors (Lipinski definition) is 5. The first-order valence-electron chi connectivity index (χ1n) is 9.34. The Morgan fingerprint density at radius 1 is 1.03 bits per heavy atom. The highest BCUT2D eigenvalue weighted by Crippen LogP contribution is 2.33. The number of halogens is 1. The molecule has 30 heavy (non-hydrogen) atoms. The van der Waals surface area contributed by atoms with Crippen molar-refractivity contribution in [2.75, 3.05) is 7.11 Å². The van der Waals surface area contributed by atoms with Crippen molar-refractivity contribution in [3.63, 3.8) is 0 Å². The van der Waals surface area contributed by atoms with Crippen molar-refractivity contribution in [1.82, 2.24) is 4.57 Å². The van der Waals surface area contributed by atoms with Gasteiger partial charge < -0.3 is 9.47 Å². The molecule has 0 bridgehead atoms. The molecule has 0 aliphatic carbocycles. The number of esters is 2. The smallest absolute Gasteiger partial charge is 0.355 e. The molecule has 0 N–H and O–H groups in total. The van der Waals surface area contributed by atoms with Gasteiger partial charge in [0.15, 0.2) is 0 Å². The average Bonchev–Trinajstić information content (AvgIpc) is 2.68. The predicted octanol–water partition coefficient (Wildman–Crippen LogP) is 4.56. The van der Waals surface area contributed by atoms with Gasteiger partial charge in [-0.1, -0.05) is 46.3 Å². The fraction of sp³-hybridized carbons (Fsp3) is 0.261. The Balaban J connectivity index is 2.39. The van der Waals surface area contributed by atoms with E-state index in [2.05, 4.69) is 15.9 Å². The first kappa shape index (κ1) is 21.8. The van der Waals surface area contributed by atoms with Crippen molar-refractivity contribution in [1.29, 1.82) is 0 Å². The van der Waals surface area contributed by atoms with E-state index in [0.29, 0.717) is 16.3 Å². The minimum atomic E-state index is -0.726. The van der Waals surface area contributed by atoms with Crippen LogP contribution in [0.15, 0.2) is 57.8 Å². The number of hydrogen-bond donors (Lipinski definition) is 0. The summed E-state index contributed by atoms with van der Waals surface area (Å²) < 4.78 is 12.3. The molecule has 1 heterocycles. The number of aromatic nitrogens is 1. The minimum Gasteiger partial charge on any atom is -0.464 e. The van der Waals surface area contributed by atoms with Gasteiger partial charge in [0.25, 0.3) is 5.56 Å². The molecule has 0 fully saturated rings. The zero-order chi connectivity index (χ0) is 22.1. The van der Waals surface area contributed by atoms with Gasteiger partial charge in [0.2, 0.25) is 0 Å². The lowest BCUT2D eigenvalue weighted by molar-refractivity contribution is -0.155. The monoisotopic (exact) mass is 471 g/mol. The predicted molar refractivity (Wildman–Crippen MR) is 119 cm³/mol. The van der Waals surface area contributed by atoms with E-state index in [1.165, 1.54) is 7.11 Å². The quantitative estimate of drug-likeness (QED) is 0.521. The molecule has 0 unspecified atom stereocenters. The molecular weight excluding hydrogens is 450 g/mol. The van der Waals surface area contributed by atoms with Crippen molar-refractivity contribution in [2.24, 2.45) is 0 Å². The van der Waals surface area contributed by atoms with Crippen molar-refractivity contribution >= 4 is 38.6 Å². The van der Waals surface area contributed by atoms with Crippen molar-refractivity contribution in [3.05, 3.63) is 69.1 Å². The van der Waals surface area contributed by atoms with E-state index in [1.807, 2.05) is 30.3 Å². The second-order valence-electron chi connectivity index (χ2n) is 7.75. The van der Waals surface area contributed by atoms with Gasteiger partial charge in [-0.05, 0) is 49.9 Å². The largest absolute Gasteiger partial charge is 0.464 e. The van der Waals surface area contributed by atoms with Gasteiger partial charge >= 0.3 is 11.9 Å². The number of carbonyl (C=O) groups is 2. The highest BCUT2D eigenvalue weighted by atomic mass is 79.9. The first-order chi connectivity index (χ1) is 14.1. The van der Waals surface area contributed by atoms with E-state index in [1.54, 1.807) is 39.0 Å². The Labute approximate surface area is 182 Å². The average molecular weight is 472 g/mol. The molecule has 0 radical (unpaired) electrons. The van der Waals surface area contributed by atoms with Gasteiger partial charge in [-0.15, -0.1) is 0 Å². The van der Waals surface area contributed by atoms with E-state index in [4.69, 9.17) is 9.47 Å². The van der Waals surface area contributed by atoms with Crippen LogP contribution in [-0.4, -0.2) is 29.2 Å². The summed E-state index contributed by atoms with van der Waals surface area (Å²) >= 11 is 3.44. The molecule has 7 heteroatoms. The summed E-state index contributed by atoms with van der Waals surface area (Å²) in [5.74, 6) is -1.33. The van der Waals surface area contributed by atoms with Crippen LogP contribution in [0.25, 0.3) is 21.9 Å². The van der Waals surface area contributed by atoms with Crippen LogP contribution >= 0.6 is 15.9 Å². The number of methoxy groups -OCH3 is 1. The van der Waals surface area contributed by atoms with Gasteiger partial charge in [0.05, 0.1) is 7.11 Å². The third kappa shape index (κ3) is 4.46. The van der Waals surface area contributed by atoms with E-state index in [9.17, 15) is 14.4 Å². The lowest BCUT2D eigenvalue weighted by Gasteiger charge is -2.22. The second kappa shape index (κ2) is 8.44. The lowest BCUT2D eigenvalue weighted by atomic mass is 9.96. The van der Waals surface area contributed by atoms with Crippen LogP contribution in [0.2, 0.25) is 0 Å². The summed E-state index contributed by atoms with van der Waals surface area (Å²) in [5.41, 5.74) is 0.0465. The second-order valence-corrected chi connectivity index (χ2v) is 8.66. The third-order valence-electron chi connectivity index (χ3n) is 4.38. The SMILES string of the molecule is COC(=O)c1c(-c2ccccc2)c2cc(Br)ccc2c(=O)n1CC(=O)OC(C)(C)C. The van der Waals surface area contributed by atoms with Crippen LogP contribution < -0.4 is 5.56 Å². The van der Waals surface area contributed by atoms with E-state index >= 15 is 0 Å². The minimum absolute atomic E-state index is 0.00478.